The van der Waals surface area contributed by atoms with Crippen LogP contribution in [0.2, 0.25) is 0 Å². The molecule has 23 heavy (non-hydrogen) atoms. The first-order valence-corrected chi connectivity index (χ1v) is 8.26. The van der Waals surface area contributed by atoms with Crippen LogP contribution in [0.3, 0.4) is 0 Å². The molecule has 0 aliphatic carbocycles. The minimum absolute atomic E-state index is 0. The number of aliphatic imine (C=N–C) groups is 1. The summed E-state index contributed by atoms with van der Waals surface area (Å²) in [6.07, 6.45) is 2.28. The van der Waals surface area contributed by atoms with Gasteiger partial charge in [-0.2, -0.15) is 0 Å². The number of amides is 1. The Labute approximate surface area is 156 Å². The molecule has 0 aromatic heterocycles. The second-order valence-electron chi connectivity index (χ2n) is 7.44. The SMILES string of the molecule is CCNC(=NCC(=O)NC(C)(C)C)N1CCC2(CCOC2)C1.I. The van der Waals surface area contributed by atoms with Gasteiger partial charge in [0, 0.05) is 37.2 Å². The lowest BCUT2D eigenvalue weighted by Crippen LogP contribution is -2.44. The first-order valence-electron chi connectivity index (χ1n) is 8.26. The monoisotopic (exact) mass is 438 g/mol. The topological polar surface area (TPSA) is 66.0 Å². The molecule has 2 heterocycles. The van der Waals surface area contributed by atoms with Crippen LogP contribution in [-0.4, -0.2) is 61.7 Å². The zero-order chi connectivity index (χ0) is 16.2. The third-order valence-electron chi connectivity index (χ3n) is 4.14. The number of hydrogen-bond acceptors (Lipinski definition) is 3. The van der Waals surface area contributed by atoms with Crippen LogP contribution >= 0.6 is 24.0 Å². The zero-order valence-electron chi connectivity index (χ0n) is 14.8. The third kappa shape index (κ3) is 6.10. The Hall–Kier alpha value is -0.570. The number of hydrogen-bond donors (Lipinski definition) is 2. The van der Waals surface area contributed by atoms with Gasteiger partial charge in [-0.1, -0.05) is 0 Å². The molecule has 0 radical (unpaired) electrons. The van der Waals surface area contributed by atoms with Crippen molar-refractivity contribution in [1.82, 2.24) is 15.5 Å². The molecule has 0 bridgehead atoms. The Morgan fingerprint density at radius 2 is 2.09 bits per heavy atom. The average molecular weight is 438 g/mol. The fraction of sp³-hybridized carbons (Fsp3) is 0.875. The van der Waals surface area contributed by atoms with Gasteiger partial charge in [0.15, 0.2) is 5.96 Å². The lowest BCUT2D eigenvalue weighted by Gasteiger charge is -2.25. The van der Waals surface area contributed by atoms with Crippen molar-refractivity contribution in [1.29, 1.82) is 0 Å². The maximum absolute atomic E-state index is 11.9. The lowest BCUT2D eigenvalue weighted by atomic mass is 9.87. The summed E-state index contributed by atoms with van der Waals surface area (Å²) in [5.74, 6) is 0.802. The number of nitrogens with zero attached hydrogens (tertiary/aromatic N) is 2. The maximum atomic E-state index is 11.9. The van der Waals surface area contributed by atoms with E-state index in [4.69, 9.17) is 4.74 Å². The van der Waals surface area contributed by atoms with E-state index in [1.807, 2.05) is 20.8 Å². The third-order valence-corrected chi connectivity index (χ3v) is 4.14. The van der Waals surface area contributed by atoms with Crippen molar-refractivity contribution in [3.8, 4) is 0 Å². The molecule has 7 heteroatoms. The number of ether oxygens (including phenoxy) is 1. The lowest BCUT2D eigenvalue weighted by molar-refractivity contribution is -0.121. The molecule has 134 valence electrons. The number of rotatable bonds is 3. The number of carbonyl (C=O) groups is 1. The minimum Gasteiger partial charge on any atom is -0.381 e. The molecule has 1 spiro atoms. The Morgan fingerprint density at radius 3 is 2.65 bits per heavy atom. The predicted molar refractivity (Wildman–Crippen MR) is 103 cm³/mol. The number of nitrogens with one attached hydrogen (secondary N) is 2. The van der Waals surface area contributed by atoms with Gasteiger partial charge in [-0.15, -0.1) is 24.0 Å². The molecule has 0 aromatic carbocycles. The highest BCUT2D eigenvalue weighted by Gasteiger charge is 2.42. The molecule has 0 aromatic rings. The highest BCUT2D eigenvalue weighted by atomic mass is 127. The fourth-order valence-corrected chi connectivity index (χ4v) is 3.12. The van der Waals surface area contributed by atoms with E-state index < -0.39 is 0 Å². The largest absolute Gasteiger partial charge is 0.381 e. The molecular formula is C16H31IN4O2. The molecule has 2 rings (SSSR count). The van der Waals surface area contributed by atoms with Gasteiger partial charge in [0.2, 0.25) is 5.91 Å². The number of guanidine groups is 1. The van der Waals surface area contributed by atoms with Gasteiger partial charge in [0.05, 0.1) is 6.61 Å². The van der Waals surface area contributed by atoms with Crippen molar-refractivity contribution < 1.29 is 9.53 Å². The second kappa shape index (κ2) is 8.50. The molecule has 2 saturated heterocycles. The van der Waals surface area contributed by atoms with Crippen LogP contribution in [-0.2, 0) is 9.53 Å². The Balaban J connectivity index is 0.00000264. The number of carbonyl (C=O) groups excluding carboxylic acids is 1. The van der Waals surface area contributed by atoms with Crippen LogP contribution in [0.15, 0.2) is 4.99 Å². The molecule has 0 saturated carbocycles. The van der Waals surface area contributed by atoms with Crippen molar-refractivity contribution in [3.63, 3.8) is 0 Å². The first kappa shape index (κ1) is 20.5. The Kier molecular flexibility index (Phi) is 7.57. The normalized spacial score (nSPS) is 24.7. The average Bonchev–Trinajstić information content (AvgIpc) is 3.03. The van der Waals surface area contributed by atoms with E-state index in [0.717, 1.165) is 51.6 Å². The summed E-state index contributed by atoms with van der Waals surface area (Å²) in [5.41, 5.74) is 0.0771. The van der Waals surface area contributed by atoms with E-state index in [-0.39, 0.29) is 42.0 Å². The van der Waals surface area contributed by atoms with Crippen LogP contribution in [0.1, 0.15) is 40.5 Å². The van der Waals surface area contributed by atoms with E-state index in [1.54, 1.807) is 0 Å². The highest BCUT2D eigenvalue weighted by Crippen LogP contribution is 2.38. The van der Waals surface area contributed by atoms with E-state index >= 15 is 0 Å². The molecule has 2 aliphatic heterocycles. The molecule has 1 amide bonds. The summed E-state index contributed by atoms with van der Waals surface area (Å²) in [6, 6.07) is 0. The van der Waals surface area contributed by atoms with Crippen LogP contribution < -0.4 is 10.6 Å². The molecule has 2 fully saturated rings. The van der Waals surface area contributed by atoms with Crippen LogP contribution in [0.5, 0.6) is 0 Å². The van der Waals surface area contributed by atoms with Crippen molar-refractivity contribution >= 4 is 35.8 Å². The first-order chi connectivity index (χ1) is 10.3. The predicted octanol–water partition coefficient (Wildman–Crippen LogP) is 1.60. The van der Waals surface area contributed by atoms with Gasteiger partial charge in [-0.05, 0) is 40.5 Å². The molecule has 2 N–H and O–H groups in total. The van der Waals surface area contributed by atoms with Gasteiger partial charge in [0.25, 0.3) is 0 Å². The van der Waals surface area contributed by atoms with Crippen molar-refractivity contribution in [2.75, 3.05) is 39.4 Å². The van der Waals surface area contributed by atoms with Gasteiger partial charge in [-0.3, -0.25) is 4.79 Å². The van der Waals surface area contributed by atoms with Crippen LogP contribution in [0.25, 0.3) is 0 Å². The highest BCUT2D eigenvalue weighted by molar-refractivity contribution is 14.0. The molecule has 6 nitrogen and oxygen atoms in total. The molecule has 1 atom stereocenters. The molecular weight excluding hydrogens is 407 g/mol. The minimum atomic E-state index is -0.218. The molecule has 2 aliphatic rings. The summed E-state index contributed by atoms with van der Waals surface area (Å²) >= 11 is 0. The van der Waals surface area contributed by atoms with Gasteiger partial charge >= 0.3 is 0 Å². The summed E-state index contributed by atoms with van der Waals surface area (Å²) in [6.45, 7) is 12.6. The summed E-state index contributed by atoms with van der Waals surface area (Å²) in [4.78, 5) is 18.7. The van der Waals surface area contributed by atoms with Crippen molar-refractivity contribution in [3.05, 3.63) is 0 Å². The second-order valence-corrected chi connectivity index (χ2v) is 7.44. The van der Waals surface area contributed by atoms with Gasteiger partial charge in [-0.25, -0.2) is 4.99 Å². The number of halogens is 1. The summed E-state index contributed by atoms with van der Waals surface area (Å²) in [7, 11) is 0. The van der Waals surface area contributed by atoms with Gasteiger partial charge < -0.3 is 20.3 Å². The standard InChI is InChI=1S/C16H30N4O2.HI/c1-5-17-14(18-10-13(21)19-15(2,3)4)20-8-6-16(11-20)7-9-22-12-16;/h5-12H2,1-4H3,(H,17,18)(H,19,21);1H. The summed E-state index contributed by atoms with van der Waals surface area (Å²) in [5, 5.41) is 6.25. The van der Waals surface area contributed by atoms with Crippen LogP contribution in [0.4, 0.5) is 0 Å². The Bertz CT molecular complexity index is 428. The zero-order valence-corrected chi connectivity index (χ0v) is 17.1. The Morgan fingerprint density at radius 1 is 1.35 bits per heavy atom. The number of likely N-dealkylation sites (tertiary alicyclic amines) is 1. The van der Waals surface area contributed by atoms with E-state index in [2.05, 4.69) is 27.4 Å². The van der Waals surface area contributed by atoms with Crippen molar-refractivity contribution in [2.45, 2.75) is 46.1 Å². The van der Waals surface area contributed by atoms with Crippen molar-refractivity contribution in [2.24, 2.45) is 10.4 Å². The molecule has 1 unspecified atom stereocenters. The summed E-state index contributed by atoms with van der Waals surface area (Å²) < 4.78 is 5.57. The quantitative estimate of drug-likeness (QED) is 0.399. The smallest absolute Gasteiger partial charge is 0.242 e. The van der Waals surface area contributed by atoms with E-state index in [9.17, 15) is 4.79 Å². The maximum Gasteiger partial charge on any atom is 0.242 e. The fourth-order valence-electron chi connectivity index (χ4n) is 3.12. The van der Waals surface area contributed by atoms with E-state index in [1.165, 1.54) is 0 Å². The van der Waals surface area contributed by atoms with Gasteiger partial charge in [0.1, 0.15) is 6.54 Å². The van der Waals surface area contributed by atoms with Crippen LogP contribution in [0, 0.1) is 5.41 Å². The van der Waals surface area contributed by atoms with E-state index in [0.29, 0.717) is 5.41 Å².